The molecule has 2 aromatic rings. The second kappa shape index (κ2) is 8.03. The van der Waals surface area contributed by atoms with E-state index in [1.54, 1.807) is 27.0 Å². The van der Waals surface area contributed by atoms with Crippen molar-refractivity contribution in [2.24, 2.45) is 0 Å². The summed E-state index contributed by atoms with van der Waals surface area (Å²) in [5.41, 5.74) is 0.699. The number of urea groups is 1. The van der Waals surface area contributed by atoms with Crippen molar-refractivity contribution in [2.45, 2.75) is 32.5 Å². The Morgan fingerprint density at radius 3 is 2.40 bits per heavy atom. The molecule has 5 heteroatoms. The zero-order valence-corrected chi connectivity index (χ0v) is 15.2. The first-order chi connectivity index (χ1) is 11.8. The Bertz CT molecular complexity index is 696. The minimum absolute atomic E-state index is 0.145. The van der Waals surface area contributed by atoms with Gasteiger partial charge in [-0.25, -0.2) is 4.79 Å². The zero-order chi connectivity index (χ0) is 18.4. The highest BCUT2D eigenvalue weighted by molar-refractivity contribution is 5.90. The number of benzene rings is 2. The molecule has 2 rings (SSSR count). The summed E-state index contributed by atoms with van der Waals surface area (Å²) in [6.07, 6.45) is -0.145. The van der Waals surface area contributed by atoms with Crippen molar-refractivity contribution in [1.29, 1.82) is 0 Å². The number of carbonyl (C=O) groups excluding carboxylic acids is 1. The van der Waals surface area contributed by atoms with Gasteiger partial charge in [0.1, 0.15) is 11.9 Å². The van der Waals surface area contributed by atoms with Crippen molar-refractivity contribution in [3.05, 3.63) is 60.2 Å². The molecule has 5 nitrogen and oxygen atoms in total. The van der Waals surface area contributed by atoms with Crippen LogP contribution in [-0.4, -0.2) is 35.2 Å². The summed E-state index contributed by atoms with van der Waals surface area (Å²) in [6.45, 7) is 5.52. The van der Waals surface area contributed by atoms with E-state index in [2.05, 4.69) is 5.32 Å². The molecule has 0 spiro atoms. The lowest BCUT2D eigenvalue weighted by Gasteiger charge is -2.26. The molecule has 1 atom stereocenters. The smallest absolute Gasteiger partial charge is 0.321 e. The predicted molar refractivity (Wildman–Crippen MR) is 99.9 cm³/mol. The van der Waals surface area contributed by atoms with Gasteiger partial charge in [-0.3, -0.25) is 0 Å². The van der Waals surface area contributed by atoms with Gasteiger partial charge in [0.25, 0.3) is 0 Å². The molecule has 0 saturated heterocycles. The normalized spacial score (nSPS) is 12.4. The van der Waals surface area contributed by atoms with Gasteiger partial charge in [-0.1, -0.05) is 42.5 Å². The third-order valence-electron chi connectivity index (χ3n) is 3.67. The monoisotopic (exact) mass is 342 g/mol. The summed E-state index contributed by atoms with van der Waals surface area (Å²) < 4.78 is 6.03. The fourth-order valence-corrected chi connectivity index (χ4v) is 2.52. The molecule has 0 bridgehead atoms. The van der Waals surface area contributed by atoms with Crippen molar-refractivity contribution in [1.82, 2.24) is 4.90 Å². The predicted octanol–water partition coefficient (Wildman–Crippen LogP) is 4.06. The van der Waals surface area contributed by atoms with Crippen LogP contribution in [0.25, 0.3) is 0 Å². The lowest BCUT2D eigenvalue weighted by atomic mass is 10.1. The lowest BCUT2D eigenvalue weighted by molar-refractivity contribution is 0.0550. The molecule has 0 fully saturated rings. The number of rotatable bonds is 6. The second-order valence-electron chi connectivity index (χ2n) is 6.77. The van der Waals surface area contributed by atoms with Gasteiger partial charge in [-0.15, -0.1) is 0 Å². The van der Waals surface area contributed by atoms with Gasteiger partial charge >= 0.3 is 6.03 Å². The topological polar surface area (TPSA) is 61.8 Å². The Morgan fingerprint density at radius 2 is 1.76 bits per heavy atom. The number of likely N-dealkylation sites (N-methyl/N-ethyl adjacent to an activating group) is 1. The standard InChI is InChI=1S/C20H26N2O3/c1-15(16-10-6-5-7-11-16)25-18-13-9-8-12-17(18)21-19(23)22(4)14-20(2,3)24/h5-13,15,24H,14H2,1-4H3,(H,21,23). The van der Waals surface area contributed by atoms with Crippen LogP contribution in [0.1, 0.15) is 32.4 Å². The number of amides is 2. The minimum Gasteiger partial charge on any atom is -0.484 e. The molecule has 0 heterocycles. The maximum atomic E-state index is 12.3. The first-order valence-corrected chi connectivity index (χ1v) is 8.31. The fraction of sp³-hybridized carbons (Fsp3) is 0.350. The largest absolute Gasteiger partial charge is 0.484 e. The summed E-state index contributed by atoms with van der Waals surface area (Å²) in [4.78, 5) is 13.8. The summed E-state index contributed by atoms with van der Waals surface area (Å²) in [5.74, 6) is 0.601. The Morgan fingerprint density at radius 1 is 1.16 bits per heavy atom. The van der Waals surface area contributed by atoms with Gasteiger partial charge < -0.3 is 20.1 Å². The van der Waals surface area contributed by atoms with Gasteiger partial charge in [-0.05, 0) is 38.5 Å². The van der Waals surface area contributed by atoms with Crippen LogP contribution in [0.4, 0.5) is 10.5 Å². The summed E-state index contributed by atoms with van der Waals surface area (Å²) >= 11 is 0. The Hall–Kier alpha value is -2.53. The molecule has 2 amide bonds. The summed E-state index contributed by atoms with van der Waals surface area (Å²) in [5, 5.41) is 12.7. The highest BCUT2D eigenvalue weighted by atomic mass is 16.5. The quantitative estimate of drug-likeness (QED) is 0.832. The van der Waals surface area contributed by atoms with Crippen LogP contribution in [-0.2, 0) is 0 Å². The van der Waals surface area contributed by atoms with Crippen LogP contribution in [0.2, 0.25) is 0 Å². The van der Waals surface area contributed by atoms with E-state index in [9.17, 15) is 9.90 Å². The van der Waals surface area contributed by atoms with Crippen LogP contribution < -0.4 is 10.1 Å². The molecule has 1 unspecified atom stereocenters. The third kappa shape index (κ3) is 5.80. The van der Waals surface area contributed by atoms with Gasteiger partial charge in [0.15, 0.2) is 0 Å². The molecule has 2 N–H and O–H groups in total. The number of anilines is 1. The van der Waals surface area contributed by atoms with Gasteiger partial charge in [0, 0.05) is 7.05 Å². The molecular weight excluding hydrogens is 316 g/mol. The van der Waals surface area contributed by atoms with E-state index in [0.717, 1.165) is 5.56 Å². The molecule has 0 aliphatic rings. The molecule has 0 radical (unpaired) electrons. The lowest BCUT2D eigenvalue weighted by Crippen LogP contribution is -2.41. The number of carbonyl (C=O) groups is 1. The number of nitrogens with one attached hydrogen (secondary N) is 1. The third-order valence-corrected chi connectivity index (χ3v) is 3.67. The molecule has 25 heavy (non-hydrogen) atoms. The fourth-order valence-electron chi connectivity index (χ4n) is 2.52. The number of ether oxygens (including phenoxy) is 1. The van der Waals surface area contributed by atoms with Gasteiger partial charge in [-0.2, -0.15) is 0 Å². The van der Waals surface area contributed by atoms with E-state index in [0.29, 0.717) is 11.4 Å². The molecule has 0 aromatic heterocycles. The average molecular weight is 342 g/mol. The van der Waals surface area contributed by atoms with E-state index < -0.39 is 5.60 Å². The number of hydrogen-bond acceptors (Lipinski definition) is 3. The number of para-hydroxylation sites is 2. The number of aliphatic hydroxyl groups is 1. The SMILES string of the molecule is CC(Oc1ccccc1NC(=O)N(C)CC(C)(C)O)c1ccccc1. The molecule has 0 saturated carbocycles. The Kier molecular flexibility index (Phi) is 6.04. The van der Waals surface area contributed by atoms with Crippen LogP contribution >= 0.6 is 0 Å². The van der Waals surface area contributed by atoms with Crippen LogP contribution in [0.5, 0.6) is 5.75 Å². The van der Waals surface area contributed by atoms with E-state index in [-0.39, 0.29) is 18.7 Å². The molecule has 2 aromatic carbocycles. The molecular formula is C20H26N2O3. The van der Waals surface area contributed by atoms with Crippen LogP contribution in [0.3, 0.4) is 0 Å². The Balaban J connectivity index is 2.09. The van der Waals surface area contributed by atoms with Gasteiger partial charge in [0.2, 0.25) is 0 Å². The zero-order valence-electron chi connectivity index (χ0n) is 15.2. The van der Waals surface area contributed by atoms with Crippen LogP contribution in [0, 0.1) is 0 Å². The van der Waals surface area contributed by atoms with Crippen molar-refractivity contribution in [2.75, 3.05) is 18.9 Å². The highest BCUT2D eigenvalue weighted by Gasteiger charge is 2.20. The van der Waals surface area contributed by atoms with Crippen LogP contribution in [0.15, 0.2) is 54.6 Å². The first kappa shape index (κ1) is 18.8. The average Bonchev–Trinajstić information content (AvgIpc) is 2.55. The second-order valence-corrected chi connectivity index (χ2v) is 6.77. The number of nitrogens with zero attached hydrogens (tertiary/aromatic N) is 1. The summed E-state index contributed by atoms with van der Waals surface area (Å²) in [7, 11) is 1.64. The van der Waals surface area contributed by atoms with E-state index >= 15 is 0 Å². The van der Waals surface area contributed by atoms with E-state index in [4.69, 9.17) is 4.74 Å². The van der Waals surface area contributed by atoms with E-state index in [1.165, 1.54) is 4.90 Å². The molecule has 134 valence electrons. The van der Waals surface area contributed by atoms with Gasteiger partial charge in [0.05, 0.1) is 17.8 Å². The molecule has 0 aliphatic carbocycles. The summed E-state index contributed by atoms with van der Waals surface area (Å²) in [6, 6.07) is 16.9. The van der Waals surface area contributed by atoms with Crippen molar-refractivity contribution >= 4 is 11.7 Å². The van der Waals surface area contributed by atoms with Crippen molar-refractivity contribution in [3.63, 3.8) is 0 Å². The maximum absolute atomic E-state index is 12.3. The maximum Gasteiger partial charge on any atom is 0.321 e. The molecule has 0 aliphatic heterocycles. The van der Waals surface area contributed by atoms with Crippen molar-refractivity contribution in [3.8, 4) is 5.75 Å². The van der Waals surface area contributed by atoms with E-state index in [1.807, 2.05) is 55.5 Å². The van der Waals surface area contributed by atoms with Crippen molar-refractivity contribution < 1.29 is 14.6 Å². The minimum atomic E-state index is -0.954. The Labute approximate surface area is 149 Å². The first-order valence-electron chi connectivity index (χ1n) is 8.31. The highest BCUT2D eigenvalue weighted by Crippen LogP contribution is 2.29. The number of hydrogen-bond donors (Lipinski definition) is 2.